The normalized spacial score (nSPS) is 22.1. The van der Waals surface area contributed by atoms with Crippen molar-refractivity contribution < 1.29 is 63.1 Å². The van der Waals surface area contributed by atoms with Gasteiger partial charge in [-0.3, -0.25) is 18.6 Å². The molecule has 14 heteroatoms. The molecule has 0 spiro atoms. The highest BCUT2D eigenvalue weighted by molar-refractivity contribution is 7.47. The monoisotopic (exact) mass is 915 g/mol. The van der Waals surface area contributed by atoms with Crippen LogP contribution in [0.2, 0.25) is 0 Å². The van der Waals surface area contributed by atoms with Crippen molar-refractivity contribution in [2.24, 2.45) is 0 Å². The zero-order valence-electron chi connectivity index (χ0n) is 38.9. The molecule has 0 bridgehead atoms. The summed E-state index contributed by atoms with van der Waals surface area (Å²) in [5.74, 6) is -1.12. The van der Waals surface area contributed by atoms with E-state index >= 15 is 0 Å². The zero-order chi connectivity index (χ0) is 46.4. The second-order valence-corrected chi connectivity index (χ2v) is 18.4. The van der Waals surface area contributed by atoms with Crippen molar-refractivity contribution in [3.63, 3.8) is 0 Å². The van der Waals surface area contributed by atoms with Crippen molar-refractivity contribution in [1.29, 1.82) is 0 Å². The van der Waals surface area contributed by atoms with Gasteiger partial charge in [0.25, 0.3) is 0 Å². The van der Waals surface area contributed by atoms with Gasteiger partial charge in [0.05, 0.1) is 6.61 Å². The average molecular weight is 915 g/mol. The Morgan fingerprint density at radius 3 is 1.29 bits per heavy atom. The van der Waals surface area contributed by atoms with Gasteiger partial charge in [0.1, 0.15) is 43.2 Å². The predicted octanol–water partition coefficient (Wildman–Crippen LogP) is 9.95. The average Bonchev–Trinajstić information content (AvgIpc) is 3.26. The van der Waals surface area contributed by atoms with Gasteiger partial charge in [-0.25, -0.2) is 4.57 Å². The summed E-state index contributed by atoms with van der Waals surface area (Å²) < 4.78 is 33.6. The third-order valence-corrected chi connectivity index (χ3v) is 12.1. The van der Waals surface area contributed by atoms with Crippen LogP contribution in [0, 0.1) is 0 Å². The fraction of sp³-hybridized carbons (Fsp3) is 0.796. The number of unbranched alkanes of at least 4 members (excludes halogenated alkanes) is 20. The summed E-state index contributed by atoms with van der Waals surface area (Å²) in [6, 6.07) is 0. The molecule has 0 aromatic rings. The molecule has 6 N–H and O–H groups in total. The van der Waals surface area contributed by atoms with Gasteiger partial charge in [-0.05, 0) is 77.0 Å². The number of rotatable bonds is 40. The first kappa shape index (κ1) is 58.8. The van der Waals surface area contributed by atoms with E-state index in [4.69, 9.17) is 18.5 Å². The lowest BCUT2D eigenvalue weighted by atomic mass is 9.85. The number of phosphoric ester groups is 1. The van der Waals surface area contributed by atoms with Crippen molar-refractivity contribution in [2.45, 2.75) is 236 Å². The van der Waals surface area contributed by atoms with E-state index in [1.165, 1.54) is 44.9 Å². The van der Waals surface area contributed by atoms with Gasteiger partial charge in [-0.2, -0.15) is 0 Å². The van der Waals surface area contributed by atoms with Crippen molar-refractivity contribution in [3.8, 4) is 0 Å². The van der Waals surface area contributed by atoms with Gasteiger partial charge in [-0.15, -0.1) is 0 Å². The summed E-state index contributed by atoms with van der Waals surface area (Å²) in [6.45, 7) is 3.24. The van der Waals surface area contributed by atoms with Crippen molar-refractivity contribution in [2.75, 3.05) is 13.2 Å². The Bertz CT molecular complexity index is 1290. The van der Waals surface area contributed by atoms with Gasteiger partial charge in [0, 0.05) is 12.8 Å². The molecule has 0 saturated heterocycles. The molecule has 63 heavy (non-hydrogen) atoms. The van der Waals surface area contributed by atoms with E-state index < -0.39 is 75.7 Å². The molecular formula is C49H87O13P. The Kier molecular flexibility index (Phi) is 36.4. The largest absolute Gasteiger partial charge is 0.472 e. The van der Waals surface area contributed by atoms with E-state index in [9.17, 15) is 44.6 Å². The van der Waals surface area contributed by atoms with Crippen LogP contribution in [0.5, 0.6) is 0 Å². The van der Waals surface area contributed by atoms with E-state index in [0.717, 1.165) is 109 Å². The van der Waals surface area contributed by atoms with E-state index in [1.807, 2.05) is 0 Å². The summed E-state index contributed by atoms with van der Waals surface area (Å²) in [5.41, 5.74) is 0. The summed E-state index contributed by atoms with van der Waals surface area (Å²) in [5, 5.41) is 50.2. The van der Waals surface area contributed by atoms with E-state index in [0.29, 0.717) is 12.8 Å². The van der Waals surface area contributed by atoms with E-state index in [2.05, 4.69) is 62.5 Å². The maximum atomic E-state index is 12.8. The Hall–Kier alpha value is -2.19. The van der Waals surface area contributed by atoms with Crippen LogP contribution >= 0.6 is 7.82 Å². The summed E-state index contributed by atoms with van der Waals surface area (Å²) in [7, 11) is -5.12. The predicted molar refractivity (Wildman–Crippen MR) is 249 cm³/mol. The fourth-order valence-electron chi connectivity index (χ4n) is 7.17. The lowest BCUT2D eigenvalue weighted by molar-refractivity contribution is -0.220. The number of carbonyl (C=O) groups excluding carboxylic acids is 2. The Balaban J connectivity index is 2.44. The Morgan fingerprint density at radius 2 is 0.857 bits per heavy atom. The molecule has 1 aliphatic carbocycles. The Morgan fingerprint density at radius 1 is 0.492 bits per heavy atom. The zero-order valence-corrected chi connectivity index (χ0v) is 39.8. The summed E-state index contributed by atoms with van der Waals surface area (Å²) in [6.07, 6.45) is 32.9. The number of hydrogen-bond acceptors (Lipinski definition) is 12. The smallest absolute Gasteiger partial charge is 0.462 e. The number of aliphatic hydroxyl groups excluding tert-OH is 5. The van der Waals surface area contributed by atoms with Crippen LogP contribution in [-0.4, -0.2) is 98.3 Å². The first-order valence-electron chi connectivity index (χ1n) is 24.4. The van der Waals surface area contributed by atoms with Crippen LogP contribution in [0.15, 0.2) is 48.6 Å². The van der Waals surface area contributed by atoms with E-state index in [1.54, 1.807) is 0 Å². The summed E-state index contributed by atoms with van der Waals surface area (Å²) in [4.78, 5) is 35.8. The van der Waals surface area contributed by atoms with Crippen LogP contribution in [-0.2, 0) is 32.7 Å². The SMILES string of the molecule is CCCCCC=CCC=CCCCCCCCCCC(=O)OC[C@H](COP(=O)(O)OC1C(O)C(O)C(O)[C@@H](O)C1O)OC(=O)CCCCCCCCCC=CCC=CCCCCC. The topological polar surface area (TPSA) is 210 Å². The minimum Gasteiger partial charge on any atom is -0.462 e. The number of hydrogen-bond donors (Lipinski definition) is 6. The van der Waals surface area contributed by atoms with Gasteiger partial charge in [0.2, 0.25) is 0 Å². The Labute approximate surface area is 380 Å². The van der Waals surface area contributed by atoms with Crippen molar-refractivity contribution >= 4 is 19.8 Å². The molecule has 0 heterocycles. The van der Waals surface area contributed by atoms with Crippen LogP contribution in [0.4, 0.5) is 0 Å². The molecule has 6 unspecified atom stereocenters. The molecule has 0 radical (unpaired) electrons. The lowest BCUT2D eigenvalue weighted by Crippen LogP contribution is -2.64. The molecule has 0 aromatic heterocycles. The van der Waals surface area contributed by atoms with Gasteiger partial charge in [0.15, 0.2) is 6.10 Å². The minimum absolute atomic E-state index is 0.0850. The molecule has 1 fully saturated rings. The molecule has 0 amide bonds. The van der Waals surface area contributed by atoms with Crippen LogP contribution in [0.25, 0.3) is 0 Å². The number of aliphatic hydroxyl groups is 5. The highest BCUT2D eigenvalue weighted by atomic mass is 31.2. The number of esters is 2. The molecular weight excluding hydrogens is 827 g/mol. The first-order valence-corrected chi connectivity index (χ1v) is 25.9. The van der Waals surface area contributed by atoms with Gasteiger partial charge in [-0.1, -0.05) is 152 Å². The first-order chi connectivity index (χ1) is 30.4. The molecule has 1 saturated carbocycles. The molecule has 1 rings (SSSR count). The van der Waals surface area contributed by atoms with Crippen molar-refractivity contribution in [3.05, 3.63) is 48.6 Å². The van der Waals surface area contributed by atoms with Crippen LogP contribution in [0.3, 0.4) is 0 Å². The maximum absolute atomic E-state index is 12.8. The quantitative estimate of drug-likeness (QED) is 0.0147. The minimum atomic E-state index is -5.12. The molecule has 1 aliphatic rings. The molecule has 8 atom stereocenters. The number of carbonyl (C=O) groups is 2. The highest BCUT2D eigenvalue weighted by Crippen LogP contribution is 2.47. The second-order valence-electron chi connectivity index (χ2n) is 17.0. The number of allylic oxidation sites excluding steroid dienone is 8. The number of ether oxygens (including phenoxy) is 2. The molecule has 0 aliphatic heterocycles. The second kappa shape index (κ2) is 39.0. The highest BCUT2D eigenvalue weighted by Gasteiger charge is 2.51. The fourth-order valence-corrected chi connectivity index (χ4v) is 8.14. The third-order valence-electron chi connectivity index (χ3n) is 11.1. The molecule has 0 aromatic carbocycles. The number of phosphoric acid groups is 1. The van der Waals surface area contributed by atoms with E-state index in [-0.39, 0.29) is 12.8 Å². The summed E-state index contributed by atoms with van der Waals surface area (Å²) >= 11 is 0. The van der Waals surface area contributed by atoms with Crippen LogP contribution < -0.4 is 0 Å². The standard InChI is InChI=1S/C49H87O13P/c1-3-5-7-9-11-13-15-17-19-21-23-25-27-29-31-33-35-37-42(50)59-39-41(40-60-63(57,58)62-49-47(55)45(53)44(52)46(54)48(49)56)61-43(51)38-36-34-32-30-28-26-24-22-20-18-16-14-12-10-8-6-4-2/h11-14,17-20,41,44-49,52-56H,3-10,15-16,21-40H2,1-2H3,(H,57,58)/t41-,44?,45-,46?,47?,48?,49?/m1/s1. The third kappa shape index (κ3) is 31.4. The maximum Gasteiger partial charge on any atom is 0.472 e. The lowest BCUT2D eigenvalue weighted by Gasteiger charge is -2.41. The van der Waals surface area contributed by atoms with Gasteiger partial charge >= 0.3 is 19.8 Å². The molecule has 13 nitrogen and oxygen atoms in total. The van der Waals surface area contributed by atoms with Crippen molar-refractivity contribution in [1.82, 2.24) is 0 Å². The van der Waals surface area contributed by atoms with Crippen LogP contribution in [0.1, 0.15) is 194 Å². The van der Waals surface area contributed by atoms with Gasteiger partial charge < -0.3 is 39.9 Å². The molecule has 366 valence electrons.